The van der Waals surface area contributed by atoms with Gasteiger partial charge in [0.1, 0.15) is 0 Å². The largest absolute Gasteiger partial charge is 0.370 e. The van der Waals surface area contributed by atoms with Gasteiger partial charge in [-0.3, -0.25) is 4.90 Å². The molecule has 1 spiro atoms. The third-order valence-corrected chi connectivity index (χ3v) is 4.82. The predicted molar refractivity (Wildman–Crippen MR) is 75.9 cm³/mol. The second-order valence-corrected chi connectivity index (χ2v) is 6.34. The molecule has 0 atom stereocenters. The van der Waals surface area contributed by atoms with Crippen molar-refractivity contribution in [3.05, 3.63) is 34.0 Å². The van der Waals surface area contributed by atoms with Crippen molar-refractivity contribution in [2.45, 2.75) is 38.3 Å². The van der Waals surface area contributed by atoms with E-state index in [-0.39, 0.29) is 5.60 Å². The van der Waals surface area contributed by atoms with Crippen LogP contribution in [0.15, 0.2) is 28.5 Å². The molecule has 2 aliphatic heterocycles. The van der Waals surface area contributed by atoms with E-state index < -0.39 is 0 Å². The fraction of sp³-hybridized carbons (Fsp3) is 0.600. The first-order valence-electron chi connectivity index (χ1n) is 6.82. The van der Waals surface area contributed by atoms with Crippen LogP contribution in [0.25, 0.3) is 0 Å². The van der Waals surface area contributed by atoms with Gasteiger partial charge >= 0.3 is 0 Å². The molecule has 3 heteroatoms. The third-order valence-electron chi connectivity index (χ3n) is 4.08. The van der Waals surface area contributed by atoms with Crippen LogP contribution in [0.4, 0.5) is 0 Å². The van der Waals surface area contributed by atoms with Crippen LogP contribution in [0.3, 0.4) is 0 Å². The zero-order chi connectivity index (χ0) is 12.4. The van der Waals surface area contributed by atoms with Crippen molar-refractivity contribution >= 4 is 11.3 Å². The number of ether oxygens (including phenoxy) is 1. The van der Waals surface area contributed by atoms with Crippen molar-refractivity contribution in [2.24, 2.45) is 0 Å². The summed E-state index contributed by atoms with van der Waals surface area (Å²) in [6.45, 7) is 6.55. The van der Waals surface area contributed by atoms with E-state index in [2.05, 4.69) is 34.7 Å². The summed E-state index contributed by atoms with van der Waals surface area (Å²) in [6.07, 6.45) is 5.79. The lowest BCUT2D eigenvalue weighted by Crippen LogP contribution is -2.46. The lowest BCUT2D eigenvalue weighted by atomic mass is 9.87. The molecule has 98 valence electrons. The topological polar surface area (TPSA) is 12.5 Å². The molecule has 0 bridgehead atoms. The van der Waals surface area contributed by atoms with E-state index in [0.717, 1.165) is 45.5 Å². The molecule has 1 aromatic rings. The molecule has 1 saturated heterocycles. The molecule has 18 heavy (non-hydrogen) atoms. The first kappa shape index (κ1) is 12.4. The minimum absolute atomic E-state index is 0.0630. The van der Waals surface area contributed by atoms with E-state index >= 15 is 0 Å². The van der Waals surface area contributed by atoms with Gasteiger partial charge in [-0.05, 0) is 48.6 Å². The number of nitrogens with zero attached hydrogens (tertiary/aromatic N) is 1. The van der Waals surface area contributed by atoms with E-state index in [1.807, 2.05) is 0 Å². The molecule has 0 radical (unpaired) electrons. The van der Waals surface area contributed by atoms with Crippen LogP contribution < -0.4 is 0 Å². The lowest BCUT2D eigenvalue weighted by Gasteiger charge is -2.42. The molecule has 1 fully saturated rings. The number of piperidine rings is 1. The third kappa shape index (κ3) is 2.68. The average Bonchev–Trinajstić information content (AvgIpc) is 2.85. The van der Waals surface area contributed by atoms with Gasteiger partial charge in [0.15, 0.2) is 0 Å². The molecule has 2 aliphatic rings. The molecule has 0 unspecified atom stereocenters. The van der Waals surface area contributed by atoms with Crippen LogP contribution in [-0.2, 0) is 11.3 Å². The lowest BCUT2D eigenvalue weighted by molar-refractivity contribution is -0.0576. The quantitative estimate of drug-likeness (QED) is 0.758. The highest BCUT2D eigenvalue weighted by atomic mass is 32.1. The van der Waals surface area contributed by atoms with Gasteiger partial charge in [-0.15, -0.1) is 0 Å². The van der Waals surface area contributed by atoms with Crippen molar-refractivity contribution in [3.8, 4) is 0 Å². The normalized spacial score (nSPS) is 24.2. The highest BCUT2D eigenvalue weighted by Gasteiger charge is 2.35. The number of likely N-dealkylation sites (tertiary alicyclic amines) is 1. The second kappa shape index (κ2) is 5.16. The van der Waals surface area contributed by atoms with Crippen molar-refractivity contribution < 1.29 is 4.74 Å². The van der Waals surface area contributed by atoms with Gasteiger partial charge in [0.05, 0.1) is 12.2 Å². The van der Waals surface area contributed by atoms with Crippen LogP contribution >= 0.6 is 11.3 Å². The predicted octanol–water partition coefficient (Wildman–Crippen LogP) is 3.45. The highest BCUT2D eigenvalue weighted by Crippen LogP contribution is 2.33. The number of hydrogen-bond acceptors (Lipinski definition) is 3. The Balaban J connectivity index is 1.59. The summed E-state index contributed by atoms with van der Waals surface area (Å²) in [4.78, 5) is 2.55. The maximum absolute atomic E-state index is 6.06. The Bertz CT molecular complexity index is 416. The Morgan fingerprint density at radius 1 is 1.39 bits per heavy atom. The van der Waals surface area contributed by atoms with Crippen LogP contribution in [0.2, 0.25) is 0 Å². The number of hydrogen-bond donors (Lipinski definition) is 0. The van der Waals surface area contributed by atoms with Gasteiger partial charge in [-0.2, -0.15) is 11.3 Å². The van der Waals surface area contributed by atoms with Gasteiger partial charge in [-0.25, -0.2) is 0 Å². The Morgan fingerprint density at radius 2 is 2.22 bits per heavy atom. The Morgan fingerprint density at radius 3 is 2.89 bits per heavy atom. The smallest absolute Gasteiger partial charge is 0.0889 e. The van der Waals surface area contributed by atoms with Gasteiger partial charge in [0.25, 0.3) is 0 Å². The van der Waals surface area contributed by atoms with Gasteiger partial charge in [-0.1, -0.05) is 11.6 Å². The van der Waals surface area contributed by atoms with E-state index in [1.165, 1.54) is 11.1 Å². The Kier molecular flexibility index (Phi) is 3.55. The van der Waals surface area contributed by atoms with Crippen LogP contribution in [0.1, 0.15) is 31.7 Å². The highest BCUT2D eigenvalue weighted by molar-refractivity contribution is 7.07. The van der Waals surface area contributed by atoms with Gasteiger partial charge in [0, 0.05) is 19.6 Å². The first-order valence-corrected chi connectivity index (χ1v) is 7.76. The number of thiophene rings is 1. The summed E-state index contributed by atoms with van der Waals surface area (Å²) in [5.41, 5.74) is 3.02. The molecular formula is C15H21NOS. The second-order valence-electron chi connectivity index (χ2n) is 5.56. The Hall–Kier alpha value is -0.640. The summed E-state index contributed by atoms with van der Waals surface area (Å²) in [7, 11) is 0. The monoisotopic (exact) mass is 263 g/mol. The first-order chi connectivity index (χ1) is 8.76. The van der Waals surface area contributed by atoms with E-state index in [0.29, 0.717) is 0 Å². The molecule has 0 saturated carbocycles. The summed E-state index contributed by atoms with van der Waals surface area (Å²) in [6, 6.07) is 2.23. The van der Waals surface area contributed by atoms with E-state index in [1.54, 1.807) is 11.3 Å². The minimum Gasteiger partial charge on any atom is -0.370 e. The molecule has 0 aromatic carbocycles. The molecule has 0 aliphatic carbocycles. The summed E-state index contributed by atoms with van der Waals surface area (Å²) >= 11 is 1.79. The zero-order valence-corrected chi connectivity index (χ0v) is 11.8. The molecule has 3 heterocycles. The maximum atomic E-state index is 6.06. The van der Waals surface area contributed by atoms with Crippen molar-refractivity contribution in [3.63, 3.8) is 0 Å². The van der Waals surface area contributed by atoms with E-state index in [4.69, 9.17) is 4.74 Å². The zero-order valence-electron chi connectivity index (χ0n) is 11.0. The van der Waals surface area contributed by atoms with Gasteiger partial charge < -0.3 is 4.74 Å². The maximum Gasteiger partial charge on any atom is 0.0889 e. The van der Waals surface area contributed by atoms with Crippen LogP contribution in [0, 0.1) is 0 Å². The SMILES string of the molecule is CC1=CC2(CCN(Cc3ccsc3)CC2)OCC1. The molecule has 0 N–H and O–H groups in total. The molecule has 3 rings (SSSR count). The molecule has 2 nitrogen and oxygen atoms in total. The minimum atomic E-state index is 0.0630. The van der Waals surface area contributed by atoms with Crippen molar-refractivity contribution in [1.82, 2.24) is 4.90 Å². The van der Waals surface area contributed by atoms with Crippen molar-refractivity contribution in [1.29, 1.82) is 0 Å². The van der Waals surface area contributed by atoms with E-state index in [9.17, 15) is 0 Å². The average molecular weight is 263 g/mol. The number of rotatable bonds is 2. The molecule has 0 amide bonds. The Labute approximate surface area is 113 Å². The standard InChI is InChI=1S/C15H21NOS/c1-13-2-8-17-15(10-13)4-6-16(7-5-15)11-14-3-9-18-12-14/h3,9-10,12H,2,4-8,11H2,1H3. The van der Waals surface area contributed by atoms with Crippen molar-refractivity contribution in [2.75, 3.05) is 19.7 Å². The molecular weight excluding hydrogens is 242 g/mol. The summed E-state index contributed by atoms with van der Waals surface area (Å²) in [5.74, 6) is 0. The van der Waals surface area contributed by atoms with Gasteiger partial charge in [0.2, 0.25) is 0 Å². The fourth-order valence-electron chi connectivity index (χ4n) is 3.00. The van der Waals surface area contributed by atoms with Crippen LogP contribution in [-0.4, -0.2) is 30.2 Å². The fourth-order valence-corrected chi connectivity index (χ4v) is 3.66. The van der Waals surface area contributed by atoms with Crippen LogP contribution in [0.5, 0.6) is 0 Å². The summed E-state index contributed by atoms with van der Waals surface area (Å²) in [5, 5.41) is 4.42. The molecule has 1 aromatic heterocycles. The summed E-state index contributed by atoms with van der Waals surface area (Å²) < 4.78 is 6.06.